The maximum Gasteiger partial charge on any atom is 0.416 e. The lowest BCUT2D eigenvalue weighted by molar-refractivity contribution is -0.139. The zero-order chi connectivity index (χ0) is 21.0. The predicted octanol–water partition coefficient (Wildman–Crippen LogP) is 4.04. The van der Waals surface area contributed by atoms with Crippen LogP contribution in [0.1, 0.15) is 16.7 Å². The van der Waals surface area contributed by atoms with Gasteiger partial charge in [0.1, 0.15) is 6.04 Å². The normalized spacial score (nSPS) is 12.7. The molecule has 0 aliphatic carbocycles. The fourth-order valence-electron chi connectivity index (χ4n) is 2.80. The molecule has 0 saturated carbocycles. The van der Waals surface area contributed by atoms with E-state index in [-0.39, 0.29) is 13.0 Å². The van der Waals surface area contributed by atoms with Gasteiger partial charge in [0.2, 0.25) is 0 Å². The number of aromatic amines is 1. The Bertz CT molecular complexity index is 990. The minimum atomic E-state index is -4.41. The number of alkyl halides is 3. The summed E-state index contributed by atoms with van der Waals surface area (Å²) in [6.45, 7) is 0.172. The first-order valence-corrected chi connectivity index (χ1v) is 9.29. The summed E-state index contributed by atoms with van der Waals surface area (Å²) in [7, 11) is 0. The van der Waals surface area contributed by atoms with Crippen molar-refractivity contribution in [3.63, 3.8) is 0 Å². The van der Waals surface area contributed by atoms with Crippen molar-refractivity contribution in [2.45, 2.75) is 25.2 Å². The molecular weight excluding hydrogens is 453 g/mol. The summed E-state index contributed by atoms with van der Waals surface area (Å²) < 4.78 is 39.0. The number of nitrogens with zero attached hydrogens (tertiary/aromatic N) is 2. The Morgan fingerprint density at radius 2 is 1.93 bits per heavy atom. The largest absolute Gasteiger partial charge is 0.480 e. The predicted molar refractivity (Wildman–Crippen MR) is 103 cm³/mol. The topological polar surface area (TPSA) is 90.9 Å². The number of hydrogen-bond donors (Lipinski definition) is 3. The zero-order valence-corrected chi connectivity index (χ0v) is 16.5. The van der Waals surface area contributed by atoms with E-state index in [1.54, 1.807) is 18.5 Å². The lowest BCUT2D eigenvalue weighted by Gasteiger charge is -2.15. The second-order valence-electron chi connectivity index (χ2n) is 6.33. The van der Waals surface area contributed by atoms with Crippen molar-refractivity contribution in [2.75, 3.05) is 0 Å². The molecular formula is C19H16BrF3N4O2. The van der Waals surface area contributed by atoms with Crippen molar-refractivity contribution >= 4 is 21.9 Å². The number of benzene rings is 1. The summed E-state index contributed by atoms with van der Waals surface area (Å²) in [6, 6.07) is 5.60. The van der Waals surface area contributed by atoms with Gasteiger partial charge < -0.3 is 5.11 Å². The number of carbonyl (C=O) groups is 1. The van der Waals surface area contributed by atoms with Crippen LogP contribution in [0.2, 0.25) is 0 Å². The average molecular weight is 469 g/mol. The summed E-state index contributed by atoms with van der Waals surface area (Å²) >= 11 is 3.30. The Hall–Kier alpha value is -2.72. The van der Waals surface area contributed by atoms with E-state index < -0.39 is 23.8 Å². The third-order valence-corrected chi connectivity index (χ3v) is 4.69. The highest BCUT2D eigenvalue weighted by molar-refractivity contribution is 9.10. The Balaban J connectivity index is 1.72. The van der Waals surface area contributed by atoms with E-state index in [1.807, 2.05) is 0 Å². The van der Waals surface area contributed by atoms with Crippen LogP contribution in [0.4, 0.5) is 13.2 Å². The molecule has 0 radical (unpaired) electrons. The number of carboxylic acids is 1. The quantitative estimate of drug-likeness (QED) is 0.486. The number of H-pyrrole nitrogens is 1. The molecule has 0 bridgehead atoms. The highest BCUT2D eigenvalue weighted by atomic mass is 79.9. The van der Waals surface area contributed by atoms with E-state index in [0.29, 0.717) is 16.8 Å². The zero-order valence-electron chi connectivity index (χ0n) is 14.9. The van der Waals surface area contributed by atoms with Crippen LogP contribution in [0.5, 0.6) is 0 Å². The van der Waals surface area contributed by atoms with E-state index in [9.17, 15) is 23.1 Å². The smallest absolute Gasteiger partial charge is 0.416 e. The first kappa shape index (κ1) is 21.0. The van der Waals surface area contributed by atoms with Gasteiger partial charge in [0, 0.05) is 35.4 Å². The Labute approximate surface area is 172 Å². The minimum Gasteiger partial charge on any atom is -0.480 e. The fraction of sp³-hybridized carbons (Fsp3) is 0.211. The monoisotopic (exact) mass is 468 g/mol. The Morgan fingerprint density at radius 3 is 2.55 bits per heavy atom. The molecule has 1 aromatic carbocycles. The molecule has 0 amide bonds. The van der Waals surface area contributed by atoms with Crippen LogP contribution >= 0.6 is 15.9 Å². The first-order valence-electron chi connectivity index (χ1n) is 8.49. The molecule has 3 rings (SSSR count). The fourth-order valence-corrected chi connectivity index (χ4v) is 3.22. The Morgan fingerprint density at radius 1 is 1.21 bits per heavy atom. The van der Waals surface area contributed by atoms with E-state index >= 15 is 0 Å². The summed E-state index contributed by atoms with van der Waals surface area (Å²) in [5, 5.41) is 19.1. The number of rotatable bonds is 7. The lowest BCUT2D eigenvalue weighted by Crippen LogP contribution is -2.38. The van der Waals surface area contributed by atoms with E-state index in [2.05, 4.69) is 36.4 Å². The summed E-state index contributed by atoms with van der Waals surface area (Å²) in [5.41, 5.74) is 1.70. The van der Waals surface area contributed by atoms with Gasteiger partial charge >= 0.3 is 12.1 Å². The van der Waals surface area contributed by atoms with Crippen LogP contribution in [0.3, 0.4) is 0 Å². The number of nitrogens with one attached hydrogen (secondary N) is 2. The van der Waals surface area contributed by atoms with Gasteiger partial charge in [0.05, 0.1) is 17.5 Å². The molecule has 0 aliphatic rings. The van der Waals surface area contributed by atoms with Gasteiger partial charge in [-0.2, -0.15) is 18.3 Å². The molecule has 29 heavy (non-hydrogen) atoms. The maximum absolute atomic E-state index is 12.7. The van der Waals surface area contributed by atoms with Gasteiger partial charge in [-0.3, -0.25) is 20.2 Å². The van der Waals surface area contributed by atoms with E-state index in [1.165, 1.54) is 18.3 Å². The van der Waals surface area contributed by atoms with Gasteiger partial charge in [-0.1, -0.05) is 12.1 Å². The van der Waals surface area contributed by atoms with Crippen molar-refractivity contribution in [3.8, 4) is 11.3 Å². The van der Waals surface area contributed by atoms with Crippen LogP contribution in [-0.2, 0) is 23.9 Å². The van der Waals surface area contributed by atoms with Crippen molar-refractivity contribution in [2.24, 2.45) is 0 Å². The molecule has 3 aromatic rings. The second kappa shape index (κ2) is 8.75. The summed E-state index contributed by atoms with van der Waals surface area (Å²) in [6.07, 6.45) is 0.518. The average Bonchev–Trinajstić information content (AvgIpc) is 3.13. The highest BCUT2D eigenvalue weighted by Crippen LogP contribution is 2.31. The molecule has 152 valence electrons. The number of pyridine rings is 1. The SMILES string of the molecule is O=C(O)C(Cc1cncc(Br)c1)NCc1cn[nH]c1-c1ccc(C(F)(F)F)cc1. The third kappa shape index (κ3) is 5.42. The van der Waals surface area contributed by atoms with Gasteiger partial charge in [-0.15, -0.1) is 0 Å². The number of aliphatic carboxylic acids is 1. The van der Waals surface area contributed by atoms with Crippen LogP contribution in [0.15, 0.2) is 53.4 Å². The molecule has 0 saturated heterocycles. The molecule has 0 spiro atoms. The summed E-state index contributed by atoms with van der Waals surface area (Å²) in [5.74, 6) is -1.02. The molecule has 1 atom stereocenters. The molecule has 10 heteroatoms. The number of carboxylic acid groups (broad SMARTS) is 1. The molecule has 2 heterocycles. The molecule has 0 fully saturated rings. The van der Waals surface area contributed by atoms with Gasteiger partial charge in [0.15, 0.2) is 0 Å². The highest BCUT2D eigenvalue weighted by Gasteiger charge is 2.30. The van der Waals surface area contributed by atoms with E-state index in [0.717, 1.165) is 22.2 Å². The molecule has 3 N–H and O–H groups in total. The van der Waals surface area contributed by atoms with Gasteiger partial charge in [0.25, 0.3) is 0 Å². The molecule has 2 aromatic heterocycles. The van der Waals surface area contributed by atoms with Crippen molar-refractivity contribution in [1.82, 2.24) is 20.5 Å². The second-order valence-corrected chi connectivity index (χ2v) is 7.25. The number of halogens is 4. The van der Waals surface area contributed by atoms with Crippen molar-refractivity contribution < 1.29 is 23.1 Å². The van der Waals surface area contributed by atoms with Crippen molar-refractivity contribution in [3.05, 3.63) is 70.1 Å². The van der Waals surface area contributed by atoms with Gasteiger partial charge in [-0.05, 0) is 45.3 Å². The molecule has 0 aliphatic heterocycles. The van der Waals surface area contributed by atoms with Crippen LogP contribution in [0, 0.1) is 0 Å². The standard InChI is InChI=1S/C19H16BrF3N4O2/c20-15-5-11(7-24-10-15)6-16(18(28)29)25-8-13-9-26-27-17(13)12-1-3-14(4-2-12)19(21,22)23/h1-5,7,9-10,16,25H,6,8H2,(H,26,27)(H,28,29). The van der Waals surface area contributed by atoms with Crippen LogP contribution in [0.25, 0.3) is 11.3 Å². The molecule has 6 nitrogen and oxygen atoms in total. The number of hydrogen-bond acceptors (Lipinski definition) is 4. The summed E-state index contributed by atoms with van der Waals surface area (Å²) in [4.78, 5) is 15.6. The van der Waals surface area contributed by atoms with E-state index in [4.69, 9.17) is 0 Å². The van der Waals surface area contributed by atoms with Crippen molar-refractivity contribution in [1.29, 1.82) is 0 Å². The van der Waals surface area contributed by atoms with Crippen LogP contribution < -0.4 is 5.32 Å². The third-order valence-electron chi connectivity index (χ3n) is 4.26. The Kier molecular flexibility index (Phi) is 6.33. The lowest BCUT2D eigenvalue weighted by atomic mass is 10.0. The number of aromatic nitrogens is 3. The maximum atomic E-state index is 12.7. The minimum absolute atomic E-state index is 0.172. The van der Waals surface area contributed by atoms with Gasteiger partial charge in [-0.25, -0.2) is 0 Å². The van der Waals surface area contributed by atoms with Crippen LogP contribution in [-0.4, -0.2) is 32.3 Å². The molecule has 1 unspecified atom stereocenters. The first-order chi connectivity index (χ1) is 13.7.